The van der Waals surface area contributed by atoms with E-state index in [1.54, 1.807) is 0 Å². The summed E-state index contributed by atoms with van der Waals surface area (Å²) in [6, 6.07) is 7.61. The van der Waals surface area contributed by atoms with E-state index in [1.807, 2.05) is 42.0 Å². The molecule has 4 heteroatoms. The van der Waals surface area contributed by atoms with Crippen LogP contribution in [-0.4, -0.2) is 9.55 Å². The summed E-state index contributed by atoms with van der Waals surface area (Å²) in [5, 5.41) is 0.713. The molecule has 2 rings (SSSR count). The minimum absolute atomic E-state index is 0.685. The smallest absolute Gasteiger partial charge is 0.182 e. The molecule has 1 N–H and O–H groups in total. The van der Waals surface area contributed by atoms with Gasteiger partial charge in [-0.2, -0.15) is 0 Å². The minimum atomic E-state index is 0.685. The van der Waals surface area contributed by atoms with Crippen LogP contribution in [0.5, 0.6) is 0 Å². The van der Waals surface area contributed by atoms with Gasteiger partial charge in [-0.15, -0.1) is 0 Å². The molecule has 14 heavy (non-hydrogen) atoms. The van der Waals surface area contributed by atoms with Gasteiger partial charge in [-0.05, 0) is 37.3 Å². The van der Waals surface area contributed by atoms with E-state index in [1.165, 1.54) is 0 Å². The summed E-state index contributed by atoms with van der Waals surface area (Å²) in [4.78, 5) is 2.99. The van der Waals surface area contributed by atoms with Crippen LogP contribution in [0.3, 0.4) is 0 Å². The van der Waals surface area contributed by atoms with Gasteiger partial charge in [0.05, 0.1) is 0 Å². The second-order valence-corrected chi connectivity index (χ2v) is 3.87. The number of hydrogen-bond acceptors (Lipinski definition) is 1. The molecule has 0 atom stereocenters. The van der Waals surface area contributed by atoms with E-state index in [4.69, 9.17) is 23.8 Å². The van der Waals surface area contributed by atoms with Crippen molar-refractivity contribution in [2.75, 3.05) is 0 Å². The zero-order valence-electron chi connectivity index (χ0n) is 7.62. The fraction of sp³-hybridized carbons (Fsp3) is 0.100. The van der Waals surface area contributed by atoms with Crippen LogP contribution in [0.15, 0.2) is 30.5 Å². The third-order valence-corrected chi connectivity index (χ3v) is 2.56. The second-order valence-electron chi connectivity index (χ2n) is 3.05. The number of nitrogens with one attached hydrogen (secondary N) is 1. The third kappa shape index (κ3) is 1.61. The zero-order valence-corrected chi connectivity index (χ0v) is 9.19. The van der Waals surface area contributed by atoms with E-state index in [9.17, 15) is 0 Å². The summed E-state index contributed by atoms with van der Waals surface area (Å²) in [5.74, 6) is 0. The first-order valence-electron chi connectivity index (χ1n) is 4.21. The molecule has 0 amide bonds. The maximum absolute atomic E-state index is 5.91. The molecule has 72 valence electrons. The molecule has 0 bridgehead atoms. The van der Waals surface area contributed by atoms with Crippen molar-refractivity contribution in [3.05, 3.63) is 45.9 Å². The van der Waals surface area contributed by atoms with Gasteiger partial charge in [-0.1, -0.05) is 17.7 Å². The molecule has 0 fully saturated rings. The monoisotopic (exact) mass is 224 g/mol. The van der Waals surface area contributed by atoms with Crippen molar-refractivity contribution < 1.29 is 0 Å². The van der Waals surface area contributed by atoms with Gasteiger partial charge in [0.2, 0.25) is 0 Å². The number of hydrogen-bond donors (Lipinski definition) is 1. The normalized spacial score (nSPS) is 10.4. The summed E-state index contributed by atoms with van der Waals surface area (Å²) in [6.45, 7) is 1.99. The van der Waals surface area contributed by atoms with Crippen LogP contribution in [0.1, 0.15) is 5.69 Å². The molecule has 0 unspecified atom stereocenters. The van der Waals surface area contributed by atoms with Crippen molar-refractivity contribution in [3.8, 4) is 5.69 Å². The van der Waals surface area contributed by atoms with Crippen molar-refractivity contribution in [1.82, 2.24) is 9.55 Å². The lowest BCUT2D eigenvalue weighted by Crippen LogP contribution is -1.95. The van der Waals surface area contributed by atoms with Crippen LogP contribution in [0.25, 0.3) is 5.69 Å². The number of aryl methyl sites for hydroxylation is 1. The van der Waals surface area contributed by atoms with Gasteiger partial charge in [0.1, 0.15) is 0 Å². The Morgan fingerprint density at radius 2 is 2.21 bits per heavy atom. The van der Waals surface area contributed by atoms with Crippen LogP contribution in [0.2, 0.25) is 5.02 Å². The quantitative estimate of drug-likeness (QED) is 0.736. The Morgan fingerprint density at radius 1 is 1.43 bits per heavy atom. The standard InChI is InChI=1S/C10H9ClN2S/c1-7-6-12-10(14)13(7)9-4-2-3-8(11)5-9/h2-6H,1H3,(H,12,14). The minimum Gasteiger partial charge on any atom is -0.337 e. The van der Waals surface area contributed by atoms with Crippen LogP contribution < -0.4 is 0 Å². The highest BCUT2D eigenvalue weighted by Crippen LogP contribution is 2.16. The molecule has 0 aliphatic carbocycles. The van der Waals surface area contributed by atoms with Gasteiger partial charge in [0.15, 0.2) is 4.77 Å². The molecule has 0 radical (unpaired) electrons. The lowest BCUT2D eigenvalue weighted by Gasteiger charge is -2.04. The van der Waals surface area contributed by atoms with Crippen LogP contribution in [-0.2, 0) is 0 Å². The Bertz CT molecular complexity index is 513. The molecular formula is C10H9ClN2S. The maximum Gasteiger partial charge on any atom is 0.182 e. The number of rotatable bonds is 1. The average molecular weight is 225 g/mol. The molecule has 0 spiro atoms. The van der Waals surface area contributed by atoms with Crippen LogP contribution in [0.4, 0.5) is 0 Å². The van der Waals surface area contributed by atoms with E-state index in [0.29, 0.717) is 9.79 Å². The lowest BCUT2D eigenvalue weighted by atomic mass is 10.3. The number of H-pyrrole nitrogens is 1. The first kappa shape index (κ1) is 9.49. The highest BCUT2D eigenvalue weighted by Gasteiger charge is 2.01. The predicted octanol–water partition coefficient (Wildman–Crippen LogP) is 3.50. The Morgan fingerprint density at radius 3 is 2.79 bits per heavy atom. The van der Waals surface area contributed by atoms with Crippen molar-refractivity contribution in [2.45, 2.75) is 6.92 Å². The first-order valence-corrected chi connectivity index (χ1v) is 5.00. The maximum atomic E-state index is 5.91. The van der Waals surface area contributed by atoms with E-state index < -0.39 is 0 Å². The predicted molar refractivity (Wildman–Crippen MR) is 60.7 cm³/mol. The molecule has 2 aromatic rings. The van der Waals surface area contributed by atoms with E-state index in [2.05, 4.69) is 4.98 Å². The van der Waals surface area contributed by atoms with E-state index in [-0.39, 0.29) is 0 Å². The van der Waals surface area contributed by atoms with Gasteiger partial charge in [-0.3, -0.25) is 4.57 Å². The van der Waals surface area contributed by atoms with Crippen molar-refractivity contribution in [3.63, 3.8) is 0 Å². The molecule has 0 saturated heterocycles. The number of aromatic nitrogens is 2. The van der Waals surface area contributed by atoms with E-state index >= 15 is 0 Å². The van der Waals surface area contributed by atoms with Crippen molar-refractivity contribution in [1.29, 1.82) is 0 Å². The Hall–Kier alpha value is -1.06. The second kappa shape index (κ2) is 3.59. The fourth-order valence-electron chi connectivity index (χ4n) is 1.39. The zero-order chi connectivity index (χ0) is 10.1. The summed E-state index contributed by atoms with van der Waals surface area (Å²) in [7, 11) is 0. The molecule has 0 saturated carbocycles. The number of nitrogens with zero attached hydrogens (tertiary/aromatic N) is 1. The van der Waals surface area contributed by atoms with Gasteiger partial charge < -0.3 is 4.98 Å². The molecule has 0 aliphatic heterocycles. The van der Waals surface area contributed by atoms with E-state index in [0.717, 1.165) is 11.4 Å². The SMILES string of the molecule is Cc1c[nH]c(=S)n1-c1cccc(Cl)c1. The van der Waals surface area contributed by atoms with Gasteiger partial charge >= 0.3 is 0 Å². The molecule has 2 nitrogen and oxygen atoms in total. The number of benzene rings is 1. The molecular weight excluding hydrogens is 216 g/mol. The fourth-order valence-corrected chi connectivity index (χ4v) is 1.88. The first-order chi connectivity index (χ1) is 6.68. The Kier molecular flexibility index (Phi) is 2.44. The van der Waals surface area contributed by atoms with Crippen molar-refractivity contribution in [2.24, 2.45) is 0 Å². The Labute approximate surface area is 92.2 Å². The third-order valence-electron chi connectivity index (χ3n) is 2.03. The molecule has 1 aromatic heterocycles. The molecule has 1 aromatic carbocycles. The number of aromatic amines is 1. The topological polar surface area (TPSA) is 20.7 Å². The summed E-state index contributed by atoms with van der Waals surface area (Å²) in [5.41, 5.74) is 2.05. The average Bonchev–Trinajstić information content (AvgIpc) is 2.46. The summed E-state index contributed by atoms with van der Waals surface area (Å²) < 4.78 is 2.63. The van der Waals surface area contributed by atoms with Gasteiger partial charge in [0.25, 0.3) is 0 Å². The van der Waals surface area contributed by atoms with Crippen LogP contribution >= 0.6 is 23.8 Å². The molecule has 0 aliphatic rings. The highest BCUT2D eigenvalue weighted by atomic mass is 35.5. The summed E-state index contributed by atoms with van der Waals surface area (Å²) in [6.07, 6.45) is 1.88. The Balaban J connectivity index is 2.66. The van der Waals surface area contributed by atoms with Crippen molar-refractivity contribution >= 4 is 23.8 Å². The lowest BCUT2D eigenvalue weighted by molar-refractivity contribution is 0.985. The number of imidazole rings is 1. The highest BCUT2D eigenvalue weighted by molar-refractivity contribution is 7.71. The van der Waals surface area contributed by atoms with Gasteiger partial charge in [-0.25, -0.2) is 0 Å². The number of halogens is 1. The largest absolute Gasteiger partial charge is 0.337 e. The molecule has 1 heterocycles. The van der Waals surface area contributed by atoms with Crippen LogP contribution in [0, 0.1) is 11.7 Å². The van der Waals surface area contributed by atoms with Gasteiger partial charge in [0, 0.05) is 22.6 Å². The summed E-state index contributed by atoms with van der Waals surface area (Å²) >= 11 is 11.1.